The van der Waals surface area contributed by atoms with Crippen molar-refractivity contribution in [2.45, 2.75) is 66.6 Å². The van der Waals surface area contributed by atoms with E-state index < -0.39 is 0 Å². The van der Waals surface area contributed by atoms with Crippen LogP contribution in [-0.2, 0) is 0 Å². The molecular formula is C12H26CaO2. The molecule has 0 aliphatic carbocycles. The van der Waals surface area contributed by atoms with Crippen LogP contribution in [0.4, 0.5) is 0 Å². The monoisotopic (exact) mass is 242 g/mol. The van der Waals surface area contributed by atoms with Crippen molar-refractivity contribution in [1.82, 2.24) is 0 Å². The van der Waals surface area contributed by atoms with E-state index in [1.165, 1.54) is 0 Å². The summed E-state index contributed by atoms with van der Waals surface area (Å²) in [6, 6.07) is 0. The summed E-state index contributed by atoms with van der Waals surface area (Å²) in [5.74, 6) is 1.12. The van der Waals surface area contributed by atoms with E-state index in [0.717, 1.165) is 12.8 Å². The Labute approximate surface area is 125 Å². The fraction of sp³-hybridized carbons (Fsp3) is 1.00. The van der Waals surface area contributed by atoms with E-state index in [9.17, 15) is 10.2 Å². The quantitative estimate of drug-likeness (QED) is 0.695. The third kappa shape index (κ3) is 31.3. The van der Waals surface area contributed by atoms with Crippen LogP contribution in [0.1, 0.15) is 54.4 Å². The molecule has 2 nitrogen and oxygen atoms in total. The fourth-order valence-electron chi connectivity index (χ4n) is 1.33. The summed E-state index contributed by atoms with van der Waals surface area (Å²) < 4.78 is 0. The predicted molar refractivity (Wildman–Crippen MR) is 63.6 cm³/mol. The van der Waals surface area contributed by atoms with Gasteiger partial charge in [0.2, 0.25) is 0 Å². The van der Waals surface area contributed by atoms with Gasteiger partial charge in [-0.25, -0.2) is 0 Å². The third-order valence-corrected chi connectivity index (χ3v) is 1.61. The van der Waals surface area contributed by atoms with Gasteiger partial charge in [0.1, 0.15) is 0 Å². The Morgan fingerprint density at radius 3 is 0.867 bits per heavy atom. The zero-order valence-electron chi connectivity index (χ0n) is 11.2. The van der Waals surface area contributed by atoms with Gasteiger partial charge >= 0.3 is 37.7 Å². The summed E-state index contributed by atoms with van der Waals surface area (Å²) in [7, 11) is 0. The standard InChI is InChI=1S/2C6H13O.Ca/c2*1-5(2)4-6(3)7;/h2*5-6H,4H2,1-3H3;/q2*-1;+2. The SMILES string of the molecule is CC(C)CC(C)[O-].CC(C)CC(C)[O-].[Ca+2]. The summed E-state index contributed by atoms with van der Waals surface area (Å²) >= 11 is 0. The minimum Gasteiger partial charge on any atom is -0.852 e. The average Bonchev–Trinajstić information content (AvgIpc) is 1.79. The van der Waals surface area contributed by atoms with Crippen LogP contribution in [-0.4, -0.2) is 49.9 Å². The minimum absolute atomic E-state index is 0. The minimum atomic E-state index is -0.375. The van der Waals surface area contributed by atoms with E-state index in [1.807, 2.05) is 0 Å². The topological polar surface area (TPSA) is 46.1 Å². The van der Waals surface area contributed by atoms with Gasteiger partial charge in [-0.15, -0.1) is 12.2 Å². The first-order valence-electron chi connectivity index (χ1n) is 5.57. The van der Waals surface area contributed by atoms with Gasteiger partial charge in [-0.1, -0.05) is 54.4 Å². The zero-order valence-corrected chi connectivity index (χ0v) is 13.5. The van der Waals surface area contributed by atoms with E-state index in [1.54, 1.807) is 13.8 Å². The van der Waals surface area contributed by atoms with E-state index >= 15 is 0 Å². The van der Waals surface area contributed by atoms with E-state index in [2.05, 4.69) is 27.7 Å². The average molecular weight is 242 g/mol. The molecule has 15 heavy (non-hydrogen) atoms. The van der Waals surface area contributed by atoms with Crippen molar-refractivity contribution in [3.8, 4) is 0 Å². The Morgan fingerprint density at radius 1 is 0.667 bits per heavy atom. The van der Waals surface area contributed by atoms with Crippen molar-refractivity contribution >= 4 is 37.7 Å². The maximum atomic E-state index is 10.3. The van der Waals surface area contributed by atoms with Crippen molar-refractivity contribution in [2.24, 2.45) is 11.8 Å². The Balaban J connectivity index is -0.000000180. The molecule has 0 heterocycles. The molecule has 0 aliphatic rings. The van der Waals surface area contributed by atoms with Crippen molar-refractivity contribution in [2.75, 3.05) is 0 Å². The fourth-order valence-corrected chi connectivity index (χ4v) is 1.33. The molecule has 0 aromatic carbocycles. The first-order chi connectivity index (χ1) is 6.25. The van der Waals surface area contributed by atoms with E-state index in [4.69, 9.17) is 0 Å². The molecule has 0 aromatic heterocycles. The molecule has 2 unspecified atom stereocenters. The summed E-state index contributed by atoms with van der Waals surface area (Å²) in [6.45, 7) is 11.7. The van der Waals surface area contributed by atoms with Gasteiger partial charge in [0.05, 0.1) is 0 Å². The van der Waals surface area contributed by atoms with Gasteiger partial charge in [-0.2, -0.15) is 0 Å². The van der Waals surface area contributed by atoms with Gasteiger partial charge in [-0.3, -0.25) is 0 Å². The number of hydrogen-bond donors (Lipinski definition) is 0. The van der Waals surface area contributed by atoms with Gasteiger partial charge in [0, 0.05) is 0 Å². The molecule has 0 saturated heterocycles. The molecule has 0 bridgehead atoms. The van der Waals surface area contributed by atoms with Crippen LogP contribution in [0.3, 0.4) is 0 Å². The zero-order chi connectivity index (χ0) is 11.7. The first-order valence-corrected chi connectivity index (χ1v) is 5.57. The summed E-state index contributed by atoms with van der Waals surface area (Å²) in [5.41, 5.74) is 0. The van der Waals surface area contributed by atoms with Crippen molar-refractivity contribution in [3.63, 3.8) is 0 Å². The maximum absolute atomic E-state index is 10.3. The molecule has 0 N–H and O–H groups in total. The summed E-state index contributed by atoms with van der Waals surface area (Å²) in [6.07, 6.45) is 0.861. The predicted octanol–water partition coefficient (Wildman–Crippen LogP) is 1.18. The van der Waals surface area contributed by atoms with Gasteiger partial charge < -0.3 is 10.2 Å². The largest absolute Gasteiger partial charge is 2.00 e. The van der Waals surface area contributed by atoms with Crippen LogP contribution in [0.2, 0.25) is 0 Å². The molecule has 0 amide bonds. The summed E-state index contributed by atoms with van der Waals surface area (Å²) in [4.78, 5) is 0. The summed E-state index contributed by atoms with van der Waals surface area (Å²) in [5, 5.41) is 20.7. The van der Waals surface area contributed by atoms with Gasteiger partial charge in [-0.05, 0) is 11.8 Å². The van der Waals surface area contributed by atoms with Crippen LogP contribution in [0.25, 0.3) is 0 Å². The molecule has 0 saturated carbocycles. The van der Waals surface area contributed by atoms with Crippen LogP contribution in [0.5, 0.6) is 0 Å². The molecule has 0 aliphatic heterocycles. The van der Waals surface area contributed by atoms with Crippen molar-refractivity contribution in [3.05, 3.63) is 0 Å². The Bertz CT molecular complexity index is 86.2. The third-order valence-electron chi connectivity index (χ3n) is 1.61. The molecule has 88 valence electrons. The molecule has 2 atom stereocenters. The van der Waals surface area contributed by atoms with Crippen LogP contribution in [0.15, 0.2) is 0 Å². The first kappa shape index (κ1) is 21.5. The molecule has 0 aromatic rings. The molecule has 0 fully saturated rings. The van der Waals surface area contributed by atoms with Crippen molar-refractivity contribution in [1.29, 1.82) is 0 Å². The Kier molecular flexibility index (Phi) is 19.0. The molecule has 0 rings (SSSR count). The number of rotatable bonds is 4. The van der Waals surface area contributed by atoms with Crippen molar-refractivity contribution < 1.29 is 10.2 Å². The second-order valence-electron chi connectivity index (χ2n) is 4.88. The van der Waals surface area contributed by atoms with Crippen LogP contribution < -0.4 is 10.2 Å². The Hall–Kier alpha value is 1.18. The molecule has 3 heteroatoms. The number of hydrogen-bond acceptors (Lipinski definition) is 2. The molecule has 0 radical (unpaired) electrons. The van der Waals surface area contributed by atoms with Gasteiger partial charge in [0.15, 0.2) is 0 Å². The second-order valence-corrected chi connectivity index (χ2v) is 4.88. The van der Waals surface area contributed by atoms with Crippen LogP contribution >= 0.6 is 0 Å². The normalized spacial score (nSPS) is 14.0. The molecule has 0 spiro atoms. The smallest absolute Gasteiger partial charge is 0.852 e. The molecular weight excluding hydrogens is 216 g/mol. The van der Waals surface area contributed by atoms with E-state index in [-0.39, 0.29) is 49.9 Å². The Morgan fingerprint density at radius 2 is 0.867 bits per heavy atom. The van der Waals surface area contributed by atoms with E-state index in [0.29, 0.717) is 11.8 Å². The second kappa shape index (κ2) is 13.2. The van der Waals surface area contributed by atoms with Gasteiger partial charge in [0.25, 0.3) is 0 Å². The van der Waals surface area contributed by atoms with Crippen LogP contribution in [0, 0.1) is 11.8 Å². The maximum Gasteiger partial charge on any atom is 2.00 e.